The van der Waals surface area contributed by atoms with Gasteiger partial charge in [-0.25, -0.2) is 4.79 Å². The first-order chi connectivity index (χ1) is 8.16. The highest BCUT2D eigenvalue weighted by atomic mass is 16.4. The Morgan fingerprint density at radius 1 is 1.41 bits per heavy atom. The Bertz CT molecular complexity index is 418. The second kappa shape index (κ2) is 5.03. The molecule has 2 rings (SSSR count). The summed E-state index contributed by atoms with van der Waals surface area (Å²) in [7, 11) is 0. The Hall–Kier alpha value is -1.78. The molecule has 0 bridgehead atoms. The molecule has 2 N–H and O–H groups in total. The lowest BCUT2D eigenvalue weighted by molar-refractivity contribution is 0.0696. The fraction of sp³-hybridized carbons (Fsp3) is 0.500. The molecule has 0 atom stereocenters. The highest BCUT2D eigenvalue weighted by Gasteiger charge is 2.18. The smallest absolute Gasteiger partial charge is 0.338 e. The summed E-state index contributed by atoms with van der Waals surface area (Å²) in [5.41, 5.74) is -0.00369. The molecular formula is C12H15NO4. The molecule has 1 aliphatic rings. The molecule has 0 aliphatic heterocycles. The summed E-state index contributed by atoms with van der Waals surface area (Å²) in [5, 5.41) is 11.5. The average Bonchev–Trinajstić information content (AvgIpc) is 2.96. The molecule has 1 saturated carbocycles. The lowest BCUT2D eigenvalue weighted by atomic mass is 10.1. The molecule has 1 aromatic rings. The Kier molecular flexibility index (Phi) is 3.46. The van der Waals surface area contributed by atoms with Crippen LogP contribution < -0.4 is 5.32 Å². The third-order valence-electron chi connectivity index (χ3n) is 3.10. The summed E-state index contributed by atoms with van der Waals surface area (Å²) < 4.78 is 4.91. The largest absolute Gasteiger partial charge is 0.478 e. The van der Waals surface area contributed by atoms with Crippen molar-refractivity contribution in [2.75, 3.05) is 6.54 Å². The molecule has 0 spiro atoms. The van der Waals surface area contributed by atoms with Crippen LogP contribution in [0, 0.1) is 5.92 Å². The molecule has 1 fully saturated rings. The van der Waals surface area contributed by atoms with E-state index in [-0.39, 0.29) is 17.2 Å². The average molecular weight is 237 g/mol. The van der Waals surface area contributed by atoms with Crippen LogP contribution in [0.4, 0.5) is 0 Å². The molecular weight excluding hydrogens is 222 g/mol. The van der Waals surface area contributed by atoms with Gasteiger partial charge in [0.2, 0.25) is 0 Å². The minimum atomic E-state index is -1.09. The predicted octanol–water partition coefficient (Wildman–Crippen LogP) is 1.90. The van der Waals surface area contributed by atoms with Gasteiger partial charge in [-0.15, -0.1) is 0 Å². The van der Waals surface area contributed by atoms with E-state index >= 15 is 0 Å². The van der Waals surface area contributed by atoms with Crippen LogP contribution in [-0.4, -0.2) is 23.5 Å². The standard InChI is InChI=1S/C12H15NO4/c14-11(13-6-8-3-1-2-4-8)10-5-9(7-17-10)12(15)16/h5,7-8H,1-4,6H2,(H,13,14)(H,15,16). The zero-order valence-corrected chi connectivity index (χ0v) is 9.44. The normalized spacial score (nSPS) is 16.0. The predicted molar refractivity (Wildman–Crippen MR) is 60.0 cm³/mol. The van der Waals surface area contributed by atoms with E-state index in [1.807, 2.05) is 0 Å². The highest BCUT2D eigenvalue weighted by molar-refractivity contribution is 5.95. The van der Waals surface area contributed by atoms with Crippen molar-refractivity contribution in [2.24, 2.45) is 5.92 Å². The first kappa shape index (κ1) is 11.7. The van der Waals surface area contributed by atoms with Crippen LogP contribution in [0.1, 0.15) is 46.6 Å². The van der Waals surface area contributed by atoms with E-state index in [0.29, 0.717) is 12.5 Å². The van der Waals surface area contributed by atoms with Crippen molar-refractivity contribution < 1.29 is 19.1 Å². The van der Waals surface area contributed by atoms with E-state index in [2.05, 4.69) is 5.32 Å². The monoisotopic (exact) mass is 237 g/mol. The van der Waals surface area contributed by atoms with Gasteiger partial charge in [0.25, 0.3) is 5.91 Å². The zero-order valence-electron chi connectivity index (χ0n) is 9.44. The number of hydrogen-bond acceptors (Lipinski definition) is 3. The van der Waals surface area contributed by atoms with Gasteiger partial charge in [0.1, 0.15) is 6.26 Å². The SMILES string of the molecule is O=C(O)c1coc(C(=O)NCC2CCCC2)c1. The third kappa shape index (κ3) is 2.87. The number of amides is 1. The van der Waals surface area contributed by atoms with Gasteiger partial charge >= 0.3 is 5.97 Å². The zero-order chi connectivity index (χ0) is 12.3. The minimum Gasteiger partial charge on any atom is -0.478 e. The fourth-order valence-electron chi connectivity index (χ4n) is 2.11. The van der Waals surface area contributed by atoms with Gasteiger partial charge in [-0.05, 0) is 18.8 Å². The van der Waals surface area contributed by atoms with Crippen molar-refractivity contribution in [3.05, 3.63) is 23.7 Å². The van der Waals surface area contributed by atoms with Crippen molar-refractivity contribution in [3.63, 3.8) is 0 Å². The first-order valence-corrected chi connectivity index (χ1v) is 5.77. The van der Waals surface area contributed by atoms with Crippen molar-refractivity contribution in [3.8, 4) is 0 Å². The second-order valence-electron chi connectivity index (χ2n) is 4.37. The molecule has 1 aromatic heterocycles. The molecule has 1 aliphatic carbocycles. The molecule has 17 heavy (non-hydrogen) atoms. The lowest BCUT2D eigenvalue weighted by Gasteiger charge is -2.08. The number of carboxylic acid groups (broad SMARTS) is 1. The maximum atomic E-state index is 11.6. The van der Waals surface area contributed by atoms with Gasteiger partial charge in [-0.1, -0.05) is 12.8 Å². The van der Waals surface area contributed by atoms with E-state index in [9.17, 15) is 9.59 Å². The molecule has 0 radical (unpaired) electrons. The summed E-state index contributed by atoms with van der Waals surface area (Å²) in [4.78, 5) is 22.3. The molecule has 92 valence electrons. The van der Waals surface area contributed by atoms with Gasteiger partial charge in [0.15, 0.2) is 5.76 Å². The van der Waals surface area contributed by atoms with Crippen LogP contribution in [0.5, 0.6) is 0 Å². The minimum absolute atomic E-state index is 0.00369. The van der Waals surface area contributed by atoms with Crippen LogP contribution in [0.15, 0.2) is 16.7 Å². The topological polar surface area (TPSA) is 79.5 Å². The Morgan fingerprint density at radius 2 is 2.12 bits per heavy atom. The van der Waals surface area contributed by atoms with E-state index in [1.165, 1.54) is 18.9 Å². The van der Waals surface area contributed by atoms with Gasteiger partial charge < -0.3 is 14.8 Å². The molecule has 5 nitrogen and oxygen atoms in total. The maximum Gasteiger partial charge on any atom is 0.338 e. The van der Waals surface area contributed by atoms with Crippen molar-refractivity contribution in [2.45, 2.75) is 25.7 Å². The van der Waals surface area contributed by atoms with E-state index in [0.717, 1.165) is 19.1 Å². The fourth-order valence-corrected chi connectivity index (χ4v) is 2.11. The number of nitrogens with one attached hydrogen (secondary N) is 1. The quantitative estimate of drug-likeness (QED) is 0.838. The molecule has 0 saturated heterocycles. The van der Waals surface area contributed by atoms with Gasteiger partial charge in [0, 0.05) is 12.6 Å². The summed E-state index contributed by atoms with van der Waals surface area (Å²) in [6, 6.07) is 1.24. The number of rotatable bonds is 4. The van der Waals surface area contributed by atoms with Crippen molar-refractivity contribution in [1.82, 2.24) is 5.32 Å². The van der Waals surface area contributed by atoms with Crippen molar-refractivity contribution >= 4 is 11.9 Å². The summed E-state index contributed by atoms with van der Waals surface area (Å²) in [6.07, 6.45) is 5.83. The highest BCUT2D eigenvalue weighted by Crippen LogP contribution is 2.23. The second-order valence-corrected chi connectivity index (χ2v) is 4.37. The number of aromatic carboxylic acids is 1. The Balaban J connectivity index is 1.87. The maximum absolute atomic E-state index is 11.6. The summed E-state index contributed by atoms with van der Waals surface area (Å²) in [5.74, 6) is -0.832. The number of furan rings is 1. The summed E-state index contributed by atoms with van der Waals surface area (Å²) >= 11 is 0. The number of carbonyl (C=O) groups is 2. The molecule has 0 unspecified atom stereocenters. The van der Waals surface area contributed by atoms with Crippen LogP contribution >= 0.6 is 0 Å². The first-order valence-electron chi connectivity index (χ1n) is 5.77. The number of carbonyl (C=O) groups excluding carboxylic acids is 1. The van der Waals surface area contributed by atoms with Crippen molar-refractivity contribution in [1.29, 1.82) is 0 Å². The number of carboxylic acids is 1. The molecule has 1 amide bonds. The van der Waals surface area contributed by atoms with E-state index in [4.69, 9.17) is 9.52 Å². The van der Waals surface area contributed by atoms with Crippen LogP contribution in [0.3, 0.4) is 0 Å². The number of hydrogen-bond donors (Lipinski definition) is 2. The molecule has 0 aromatic carbocycles. The van der Waals surface area contributed by atoms with Crippen LogP contribution in [-0.2, 0) is 0 Å². The molecule has 5 heteroatoms. The van der Waals surface area contributed by atoms with E-state index in [1.54, 1.807) is 0 Å². The summed E-state index contributed by atoms with van der Waals surface area (Å²) in [6.45, 7) is 0.641. The van der Waals surface area contributed by atoms with Crippen LogP contribution in [0.25, 0.3) is 0 Å². The van der Waals surface area contributed by atoms with Gasteiger partial charge in [0.05, 0.1) is 5.56 Å². The lowest BCUT2D eigenvalue weighted by Crippen LogP contribution is -2.27. The van der Waals surface area contributed by atoms with Gasteiger partial charge in [-0.3, -0.25) is 4.79 Å². The third-order valence-corrected chi connectivity index (χ3v) is 3.10. The van der Waals surface area contributed by atoms with Gasteiger partial charge in [-0.2, -0.15) is 0 Å². The molecule has 1 heterocycles. The van der Waals surface area contributed by atoms with E-state index < -0.39 is 5.97 Å². The van der Waals surface area contributed by atoms with Crippen LogP contribution in [0.2, 0.25) is 0 Å². The Morgan fingerprint density at radius 3 is 2.71 bits per heavy atom. The Labute approximate surface area is 98.8 Å².